The van der Waals surface area contributed by atoms with Crippen LogP contribution in [-0.4, -0.2) is 55.7 Å². The molecule has 2 rings (SSSR count). The molecule has 6 heteroatoms. The first-order chi connectivity index (χ1) is 11.0. The summed E-state index contributed by atoms with van der Waals surface area (Å²) in [5.74, 6) is 0.326. The predicted octanol–water partition coefficient (Wildman–Crippen LogP) is 1.68. The number of likely N-dealkylation sites (N-methyl/N-ethyl adjacent to an activating group) is 1. The Balaban J connectivity index is 2.24. The Morgan fingerprint density at radius 1 is 1.43 bits per heavy atom. The van der Waals surface area contributed by atoms with Crippen molar-refractivity contribution < 1.29 is 19.1 Å². The molecule has 0 spiro atoms. The van der Waals surface area contributed by atoms with Crippen LogP contribution in [0.1, 0.15) is 20.8 Å². The zero-order valence-corrected chi connectivity index (χ0v) is 14.1. The van der Waals surface area contributed by atoms with Gasteiger partial charge in [0.25, 0.3) is 5.91 Å². The van der Waals surface area contributed by atoms with Gasteiger partial charge in [-0.1, -0.05) is 12.1 Å². The third kappa shape index (κ3) is 3.64. The van der Waals surface area contributed by atoms with Gasteiger partial charge < -0.3 is 19.3 Å². The van der Waals surface area contributed by atoms with Crippen LogP contribution in [0.4, 0.5) is 5.69 Å². The number of carbonyl (C=O) groups is 2. The van der Waals surface area contributed by atoms with Crippen LogP contribution in [0.15, 0.2) is 24.3 Å². The average Bonchev–Trinajstić information content (AvgIpc) is 2.54. The second kappa shape index (κ2) is 7.46. The maximum absolute atomic E-state index is 12.8. The molecule has 0 radical (unpaired) electrons. The summed E-state index contributed by atoms with van der Waals surface area (Å²) >= 11 is 0. The van der Waals surface area contributed by atoms with E-state index in [4.69, 9.17) is 9.47 Å². The monoisotopic (exact) mass is 320 g/mol. The summed E-state index contributed by atoms with van der Waals surface area (Å²) in [4.78, 5) is 28.1. The van der Waals surface area contributed by atoms with Crippen molar-refractivity contribution >= 4 is 17.5 Å². The number of hydrogen-bond donors (Lipinski definition) is 0. The van der Waals surface area contributed by atoms with Crippen LogP contribution in [-0.2, 0) is 14.3 Å². The first-order valence-corrected chi connectivity index (χ1v) is 7.82. The number of para-hydroxylation sites is 2. The summed E-state index contributed by atoms with van der Waals surface area (Å²) in [7, 11) is 1.61. The van der Waals surface area contributed by atoms with E-state index in [2.05, 4.69) is 0 Å². The molecular formula is C17H24N2O4. The normalized spacial score (nSPS) is 17.9. The van der Waals surface area contributed by atoms with Crippen molar-refractivity contribution in [2.45, 2.75) is 32.9 Å². The number of anilines is 1. The maximum atomic E-state index is 12.8. The molecule has 0 saturated carbocycles. The van der Waals surface area contributed by atoms with Crippen molar-refractivity contribution in [3.8, 4) is 5.75 Å². The second-order valence-electron chi connectivity index (χ2n) is 5.63. The van der Waals surface area contributed by atoms with Crippen LogP contribution < -0.4 is 9.64 Å². The lowest BCUT2D eigenvalue weighted by molar-refractivity contribution is -0.141. The Labute approximate surface area is 137 Å². The molecule has 1 aliphatic heterocycles. The largest absolute Gasteiger partial charge is 0.476 e. The standard InChI is InChI=1S/C17H24N2O4/c1-5-18(12(2)11-22-4)17(21)16-10-19(13(3)20)14-8-6-7-9-15(14)23-16/h6-9,12,16H,5,10-11H2,1-4H3/t12-,16+/m1/s1. The number of nitrogens with zero attached hydrogens (tertiary/aromatic N) is 2. The molecule has 2 amide bonds. The quantitative estimate of drug-likeness (QED) is 0.828. The van der Waals surface area contributed by atoms with Crippen LogP contribution in [0.25, 0.3) is 0 Å². The molecule has 126 valence electrons. The molecule has 1 aromatic rings. The molecule has 6 nitrogen and oxygen atoms in total. The number of benzene rings is 1. The summed E-state index contributed by atoms with van der Waals surface area (Å²) in [5.41, 5.74) is 0.706. The van der Waals surface area contributed by atoms with Gasteiger partial charge in [0, 0.05) is 20.6 Å². The van der Waals surface area contributed by atoms with Gasteiger partial charge in [-0.3, -0.25) is 9.59 Å². The van der Waals surface area contributed by atoms with E-state index in [0.717, 1.165) is 0 Å². The molecule has 1 aromatic carbocycles. The highest BCUT2D eigenvalue weighted by atomic mass is 16.5. The van der Waals surface area contributed by atoms with E-state index in [9.17, 15) is 9.59 Å². The van der Waals surface area contributed by atoms with Gasteiger partial charge in [0.05, 0.1) is 24.9 Å². The van der Waals surface area contributed by atoms with Gasteiger partial charge in [-0.2, -0.15) is 0 Å². The van der Waals surface area contributed by atoms with Crippen LogP contribution >= 0.6 is 0 Å². The molecule has 0 bridgehead atoms. The molecule has 23 heavy (non-hydrogen) atoms. The number of rotatable bonds is 5. The van der Waals surface area contributed by atoms with Crippen molar-refractivity contribution in [2.24, 2.45) is 0 Å². The first kappa shape index (κ1) is 17.3. The van der Waals surface area contributed by atoms with Crippen LogP contribution in [0.3, 0.4) is 0 Å². The molecule has 0 fully saturated rings. The topological polar surface area (TPSA) is 59.1 Å². The smallest absolute Gasteiger partial charge is 0.265 e. The highest BCUT2D eigenvalue weighted by Gasteiger charge is 2.35. The fourth-order valence-electron chi connectivity index (χ4n) is 2.86. The second-order valence-corrected chi connectivity index (χ2v) is 5.63. The highest BCUT2D eigenvalue weighted by Crippen LogP contribution is 2.33. The van der Waals surface area contributed by atoms with Crippen LogP contribution in [0, 0.1) is 0 Å². The minimum atomic E-state index is -0.701. The van der Waals surface area contributed by atoms with E-state index >= 15 is 0 Å². The summed E-state index contributed by atoms with van der Waals surface area (Å²) in [6.45, 7) is 6.59. The van der Waals surface area contributed by atoms with Gasteiger partial charge in [0.1, 0.15) is 5.75 Å². The molecule has 0 aliphatic carbocycles. The van der Waals surface area contributed by atoms with E-state index in [1.807, 2.05) is 32.0 Å². The zero-order valence-electron chi connectivity index (χ0n) is 14.1. The number of carbonyl (C=O) groups excluding carboxylic acids is 2. The number of fused-ring (bicyclic) bond motifs is 1. The van der Waals surface area contributed by atoms with Crippen molar-refractivity contribution in [1.82, 2.24) is 4.90 Å². The lowest BCUT2D eigenvalue weighted by Gasteiger charge is -2.37. The Kier molecular flexibility index (Phi) is 5.60. The Morgan fingerprint density at radius 2 is 2.13 bits per heavy atom. The van der Waals surface area contributed by atoms with Crippen LogP contribution in [0.5, 0.6) is 5.75 Å². The molecular weight excluding hydrogens is 296 g/mol. The lowest BCUT2D eigenvalue weighted by Crippen LogP contribution is -2.54. The van der Waals surface area contributed by atoms with E-state index in [-0.39, 0.29) is 24.4 Å². The average molecular weight is 320 g/mol. The summed E-state index contributed by atoms with van der Waals surface area (Å²) < 4.78 is 11.0. The number of amides is 2. The van der Waals surface area contributed by atoms with E-state index in [1.54, 1.807) is 23.0 Å². The third-order valence-electron chi connectivity index (χ3n) is 3.99. The summed E-state index contributed by atoms with van der Waals surface area (Å²) in [5, 5.41) is 0. The maximum Gasteiger partial charge on any atom is 0.265 e. The zero-order chi connectivity index (χ0) is 17.0. The number of hydrogen-bond acceptors (Lipinski definition) is 4. The van der Waals surface area contributed by atoms with Crippen molar-refractivity contribution in [3.63, 3.8) is 0 Å². The van der Waals surface area contributed by atoms with Gasteiger partial charge in [-0.25, -0.2) is 0 Å². The van der Waals surface area contributed by atoms with Gasteiger partial charge in [0.15, 0.2) is 6.10 Å². The van der Waals surface area contributed by atoms with Gasteiger partial charge in [-0.05, 0) is 26.0 Å². The Bertz CT molecular complexity index is 575. The SMILES string of the molecule is CCN(C(=O)[C@@H]1CN(C(C)=O)c2ccccc2O1)[C@H](C)COC. The number of methoxy groups -OCH3 is 1. The molecule has 1 heterocycles. The van der Waals surface area contributed by atoms with E-state index < -0.39 is 6.10 Å². The minimum absolute atomic E-state index is 0.0518. The Hall–Kier alpha value is -2.08. The fourth-order valence-corrected chi connectivity index (χ4v) is 2.86. The van der Waals surface area contributed by atoms with Gasteiger partial charge in [0.2, 0.25) is 5.91 Å². The Morgan fingerprint density at radius 3 is 2.74 bits per heavy atom. The molecule has 2 atom stereocenters. The molecule has 0 N–H and O–H groups in total. The van der Waals surface area contributed by atoms with Crippen LogP contribution in [0.2, 0.25) is 0 Å². The molecule has 0 aromatic heterocycles. The fraction of sp³-hybridized carbons (Fsp3) is 0.529. The highest BCUT2D eigenvalue weighted by molar-refractivity contribution is 5.95. The minimum Gasteiger partial charge on any atom is -0.476 e. The number of ether oxygens (including phenoxy) is 2. The summed E-state index contributed by atoms with van der Waals surface area (Å²) in [6, 6.07) is 7.22. The van der Waals surface area contributed by atoms with Gasteiger partial charge in [-0.15, -0.1) is 0 Å². The van der Waals surface area contributed by atoms with Crippen molar-refractivity contribution in [3.05, 3.63) is 24.3 Å². The predicted molar refractivity (Wildman–Crippen MR) is 87.6 cm³/mol. The van der Waals surface area contributed by atoms with E-state index in [1.165, 1.54) is 6.92 Å². The summed E-state index contributed by atoms with van der Waals surface area (Å²) in [6.07, 6.45) is -0.701. The van der Waals surface area contributed by atoms with E-state index in [0.29, 0.717) is 24.6 Å². The lowest BCUT2D eigenvalue weighted by atomic mass is 10.1. The van der Waals surface area contributed by atoms with Gasteiger partial charge >= 0.3 is 0 Å². The molecule has 1 aliphatic rings. The third-order valence-corrected chi connectivity index (χ3v) is 3.99. The van der Waals surface area contributed by atoms with Crippen molar-refractivity contribution in [1.29, 1.82) is 0 Å². The molecule has 0 saturated heterocycles. The first-order valence-electron chi connectivity index (χ1n) is 7.82. The molecule has 0 unspecified atom stereocenters. The van der Waals surface area contributed by atoms with Crippen molar-refractivity contribution in [2.75, 3.05) is 31.7 Å².